The molecule has 2 heteroatoms. The summed E-state index contributed by atoms with van der Waals surface area (Å²) in [4.78, 5) is 11.7. The van der Waals surface area contributed by atoms with Gasteiger partial charge in [-0.25, -0.2) is 0 Å². The molecule has 0 aliphatic carbocycles. The molecule has 0 N–H and O–H groups in total. The van der Waals surface area contributed by atoms with Gasteiger partial charge < -0.3 is 4.74 Å². The third-order valence-electron chi connectivity index (χ3n) is 5.71. The molecule has 176 valence electrons. The largest absolute Gasteiger partial charge is 0.466 e. The van der Waals surface area contributed by atoms with Gasteiger partial charge in [-0.3, -0.25) is 4.79 Å². The van der Waals surface area contributed by atoms with Crippen LogP contribution in [0.2, 0.25) is 0 Å². The second kappa shape index (κ2) is 26.0. The van der Waals surface area contributed by atoms with Gasteiger partial charge in [0.1, 0.15) is 0 Å². The van der Waals surface area contributed by atoms with Crippen molar-refractivity contribution in [2.75, 3.05) is 6.61 Å². The summed E-state index contributed by atoms with van der Waals surface area (Å²) in [7, 11) is 0. The molecular weight excluding hydrogens is 368 g/mol. The highest BCUT2D eigenvalue weighted by Gasteiger charge is 2.02. The second-order valence-corrected chi connectivity index (χ2v) is 8.75. The van der Waals surface area contributed by atoms with E-state index >= 15 is 0 Å². The molecule has 0 atom stereocenters. The van der Waals surface area contributed by atoms with Gasteiger partial charge in [0.2, 0.25) is 0 Å². The van der Waals surface area contributed by atoms with E-state index in [2.05, 4.69) is 25.7 Å². The predicted molar refractivity (Wildman–Crippen MR) is 133 cm³/mol. The van der Waals surface area contributed by atoms with Crippen molar-refractivity contribution in [3.63, 3.8) is 0 Å². The molecule has 30 heavy (non-hydrogen) atoms. The molecule has 0 aromatic heterocycles. The Bertz CT molecular complexity index is 386. The fourth-order valence-electron chi connectivity index (χ4n) is 3.70. The van der Waals surface area contributed by atoms with Crippen LogP contribution in [0.15, 0.2) is 24.8 Å². The third kappa shape index (κ3) is 25.0. The van der Waals surface area contributed by atoms with E-state index in [1.165, 1.54) is 103 Å². The molecule has 0 bridgehead atoms. The maximum absolute atomic E-state index is 11.7. The standard InChI is InChI=1S/C28H52O2/c1-3-5-7-9-11-12-13-14-15-16-17-18-19-21-23-25-27-30-28(29)26-24-22-20-10-8-6-4-2/h4,14-15H,2-3,5-13,16-27H2,1H3/b15-14-. The number of carbonyl (C=O) groups is 1. The zero-order valence-corrected chi connectivity index (χ0v) is 20.3. The zero-order chi connectivity index (χ0) is 22.0. The van der Waals surface area contributed by atoms with E-state index in [1.807, 2.05) is 6.08 Å². The highest BCUT2D eigenvalue weighted by Crippen LogP contribution is 2.11. The molecular formula is C28H52O2. The number of rotatable bonds is 24. The lowest BCUT2D eigenvalue weighted by atomic mass is 10.1. The SMILES string of the molecule is C=CCCCCCCCC(=O)OCCCCCCCC/C=C\CCCCCCCC. The molecule has 0 aromatic carbocycles. The first-order valence-electron chi connectivity index (χ1n) is 13.2. The van der Waals surface area contributed by atoms with E-state index in [9.17, 15) is 4.79 Å². The Hall–Kier alpha value is -1.05. The van der Waals surface area contributed by atoms with Gasteiger partial charge in [0.15, 0.2) is 0 Å². The maximum atomic E-state index is 11.7. The highest BCUT2D eigenvalue weighted by atomic mass is 16.5. The van der Waals surface area contributed by atoms with Crippen molar-refractivity contribution < 1.29 is 9.53 Å². The Morgan fingerprint density at radius 3 is 1.67 bits per heavy atom. The number of allylic oxidation sites excluding steroid dienone is 3. The summed E-state index contributed by atoms with van der Waals surface area (Å²) in [6.07, 6.45) is 32.5. The predicted octanol–water partition coefficient (Wildman–Crippen LogP) is 9.48. The molecule has 0 aromatic rings. The lowest BCUT2D eigenvalue weighted by Gasteiger charge is -2.05. The van der Waals surface area contributed by atoms with Crippen LogP contribution in [0, 0.1) is 0 Å². The molecule has 0 saturated carbocycles. The average molecular weight is 421 g/mol. The quantitative estimate of drug-likeness (QED) is 0.0882. The van der Waals surface area contributed by atoms with Crippen molar-refractivity contribution in [1.82, 2.24) is 0 Å². The van der Waals surface area contributed by atoms with Crippen LogP contribution in [0.4, 0.5) is 0 Å². The van der Waals surface area contributed by atoms with Gasteiger partial charge in [-0.15, -0.1) is 6.58 Å². The smallest absolute Gasteiger partial charge is 0.305 e. The van der Waals surface area contributed by atoms with Gasteiger partial charge in [0.05, 0.1) is 6.61 Å². The van der Waals surface area contributed by atoms with Crippen molar-refractivity contribution in [1.29, 1.82) is 0 Å². The van der Waals surface area contributed by atoms with Crippen molar-refractivity contribution in [3.05, 3.63) is 24.8 Å². The molecule has 0 fully saturated rings. The zero-order valence-electron chi connectivity index (χ0n) is 20.3. The summed E-state index contributed by atoms with van der Waals surface area (Å²) in [5.74, 6) is -0.00571. The van der Waals surface area contributed by atoms with Crippen LogP contribution in [0.1, 0.15) is 142 Å². The lowest BCUT2D eigenvalue weighted by molar-refractivity contribution is -0.143. The van der Waals surface area contributed by atoms with Crippen molar-refractivity contribution >= 4 is 5.97 Å². The van der Waals surface area contributed by atoms with Crippen LogP contribution < -0.4 is 0 Å². The second-order valence-electron chi connectivity index (χ2n) is 8.75. The van der Waals surface area contributed by atoms with Crippen LogP contribution >= 0.6 is 0 Å². The number of hydrogen-bond acceptors (Lipinski definition) is 2. The molecule has 0 aliphatic heterocycles. The highest BCUT2D eigenvalue weighted by molar-refractivity contribution is 5.69. The van der Waals surface area contributed by atoms with Crippen LogP contribution in [0.5, 0.6) is 0 Å². The van der Waals surface area contributed by atoms with Crippen LogP contribution in [-0.2, 0) is 9.53 Å². The Morgan fingerprint density at radius 1 is 0.633 bits per heavy atom. The van der Waals surface area contributed by atoms with Gasteiger partial charge in [0.25, 0.3) is 0 Å². The van der Waals surface area contributed by atoms with Crippen molar-refractivity contribution in [3.8, 4) is 0 Å². The first-order chi connectivity index (χ1) is 14.8. The minimum Gasteiger partial charge on any atom is -0.466 e. The van der Waals surface area contributed by atoms with Crippen LogP contribution in [0.3, 0.4) is 0 Å². The molecule has 0 saturated heterocycles. The number of hydrogen-bond donors (Lipinski definition) is 0. The molecule has 0 rings (SSSR count). The fraction of sp³-hybridized carbons (Fsp3) is 0.821. The van der Waals surface area contributed by atoms with E-state index in [4.69, 9.17) is 4.74 Å². The van der Waals surface area contributed by atoms with E-state index < -0.39 is 0 Å². The summed E-state index contributed by atoms with van der Waals surface area (Å²) < 4.78 is 5.34. The topological polar surface area (TPSA) is 26.3 Å². The third-order valence-corrected chi connectivity index (χ3v) is 5.71. The summed E-state index contributed by atoms with van der Waals surface area (Å²) >= 11 is 0. The summed E-state index contributed by atoms with van der Waals surface area (Å²) in [6.45, 7) is 6.62. The minimum atomic E-state index is -0.00571. The number of unbranched alkanes of at least 4 members (excludes halogenated alkanes) is 17. The van der Waals surface area contributed by atoms with E-state index in [-0.39, 0.29) is 5.97 Å². The molecule has 0 unspecified atom stereocenters. The maximum Gasteiger partial charge on any atom is 0.305 e. The normalized spacial score (nSPS) is 11.2. The Labute approximate surface area is 188 Å². The number of carbonyl (C=O) groups excluding carboxylic acids is 1. The first kappa shape index (κ1) is 28.9. The van der Waals surface area contributed by atoms with E-state index in [0.717, 1.165) is 25.7 Å². The monoisotopic (exact) mass is 420 g/mol. The Morgan fingerprint density at radius 2 is 1.10 bits per heavy atom. The molecule has 0 aliphatic rings. The summed E-state index contributed by atoms with van der Waals surface area (Å²) in [6, 6.07) is 0. The first-order valence-corrected chi connectivity index (χ1v) is 13.2. The number of ether oxygens (including phenoxy) is 1. The number of esters is 1. The molecule has 0 heterocycles. The molecule has 0 radical (unpaired) electrons. The lowest BCUT2D eigenvalue weighted by Crippen LogP contribution is -2.05. The van der Waals surface area contributed by atoms with Crippen molar-refractivity contribution in [2.45, 2.75) is 142 Å². The van der Waals surface area contributed by atoms with Gasteiger partial charge in [0, 0.05) is 6.42 Å². The minimum absolute atomic E-state index is 0.00571. The molecule has 0 amide bonds. The Kier molecular flexibility index (Phi) is 25.1. The van der Waals surface area contributed by atoms with Crippen LogP contribution in [-0.4, -0.2) is 12.6 Å². The van der Waals surface area contributed by atoms with Crippen molar-refractivity contribution in [2.24, 2.45) is 0 Å². The summed E-state index contributed by atoms with van der Waals surface area (Å²) in [5.41, 5.74) is 0. The fourth-order valence-corrected chi connectivity index (χ4v) is 3.70. The van der Waals surface area contributed by atoms with E-state index in [1.54, 1.807) is 0 Å². The average Bonchev–Trinajstić information content (AvgIpc) is 2.75. The summed E-state index contributed by atoms with van der Waals surface area (Å²) in [5, 5.41) is 0. The molecule has 2 nitrogen and oxygen atoms in total. The Balaban J connectivity index is 3.18. The van der Waals surface area contributed by atoms with Gasteiger partial charge in [-0.05, 0) is 51.4 Å². The van der Waals surface area contributed by atoms with Gasteiger partial charge in [-0.1, -0.05) is 102 Å². The van der Waals surface area contributed by atoms with Gasteiger partial charge in [-0.2, -0.15) is 0 Å². The van der Waals surface area contributed by atoms with E-state index in [0.29, 0.717) is 13.0 Å². The van der Waals surface area contributed by atoms with Gasteiger partial charge >= 0.3 is 5.97 Å². The van der Waals surface area contributed by atoms with Crippen LogP contribution in [0.25, 0.3) is 0 Å². The molecule has 0 spiro atoms.